The Balaban J connectivity index is 3.12. The second-order valence-electron chi connectivity index (χ2n) is 7.83. The summed E-state index contributed by atoms with van der Waals surface area (Å²) in [6.45, 7) is 17.5. The van der Waals surface area contributed by atoms with Gasteiger partial charge in [-0.2, -0.15) is 0 Å². The zero-order chi connectivity index (χ0) is 16.2. The van der Waals surface area contributed by atoms with Crippen molar-refractivity contribution in [3.63, 3.8) is 0 Å². The molecule has 0 radical (unpaired) electrons. The molecule has 0 bridgehead atoms. The Morgan fingerprint density at radius 1 is 1.10 bits per heavy atom. The summed E-state index contributed by atoms with van der Waals surface area (Å²) in [6, 6.07) is 4.11. The van der Waals surface area contributed by atoms with Crippen molar-refractivity contribution in [1.82, 2.24) is 9.88 Å². The van der Waals surface area contributed by atoms with Gasteiger partial charge in [-0.1, -0.05) is 54.5 Å². The Morgan fingerprint density at radius 2 is 1.71 bits per heavy atom. The van der Waals surface area contributed by atoms with Crippen LogP contribution in [0.3, 0.4) is 0 Å². The monoisotopic (exact) mass is 292 g/mol. The van der Waals surface area contributed by atoms with Gasteiger partial charge in [0.05, 0.1) is 0 Å². The van der Waals surface area contributed by atoms with Crippen LogP contribution < -0.4 is 10.9 Å². The Hall–Kier alpha value is -1.09. The molecule has 0 amide bonds. The molecule has 1 rings (SSSR count). The highest BCUT2D eigenvalue weighted by molar-refractivity contribution is 5.21. The second-order valence-corrected chi connectivity index (χ2v) is 7.83. The SMILES string of the molecule is CC(C)CNCc1ccc(C(C)(C)C)n(CC(C)C)c1=O. The first-order valence-corrected chi connectivity index (χ1v) is 8.06. The van der Waals surface area contributed by atoms with E-state index in [-0.39, 0.29) is 11.0 Å². The van der Waals surface area contributed by atoms with Gasteiger partial charge in [-0.15, -0.1) is 0 Å². The van der Waals surface area contributed by atoms with Crippen LogP contribution in [0.5, 0.6) is 0 Å². The molecule has 0 aliphatic rings. The van der Waals surface area contributed by atoms with Gasteiger partial charge in [0.2, 0.25) is 0 Å². The smallest absolute Gasteiger partial charge is 0.255 e. The molecular weight excluding hydrogens is 260 g/mol. The van der Waals surface area contributed by atoms with Crippen LogP contribution in [0.1, 0.15) is 59.7 Å². The maximum absolute atomic E-state index is 12.8. The van der Waals surface area contributed by atoms with E-state index in [0.717, 1.165) is 24.3 Å². The van der Waals surface area contributed by atoms with Gasteiger partial charge in [-0.25, -0.2) is 0 Å². The zero-order valence-electron chi connectivity index (χ0n) is 14.8. The molecule has 0 unspecified atom stereocenters. The fourth-order valence-corrected chi connectivity index (χ4v) is 2.45. The third kappa shape index (κ3) is 5.31. The van der Waals surface area contributed by atoms with Crippen LogP contribution in [0, 0.1) is 11.8 Å². The molecule has 0 spiro atoms. The molecule has 1 aromatic rings. The Bertz CT molecular complexity index is 507. The highest BCUT2D eigenvalue weighted by Crippen LogP contribution is 2.22. The summed E-state index contributed by atoms with van der Waals surface area (Å²) in [7, 11) is 0. The molecule has 0 aliphatic carbocycles. The maximum atomic E-state index is 12.8. The summed E-state index contributed by atoms with van der Waals surface area (Å²) in [4.78, 5) is 12.8. The van der Waals surface area contributed by atoms with Crippen molar-refractivity contribution in [2.45, 2.75) is 67.0 Å². The lowest BCUT2D eigenvalue weighted by molar-refractivity contribution is 0.443. The van der Waals surface area contributed by atoms with Gasteiger partial charge in [-0.3, -0.25) is 4.79 Å². The topological polar surface area (TPSA) is 34.0 Å². The normalized spacial score (nSPS) is 12.4. The lowest BCUT2D eigenvalue weighted by Crippen LogP contribution is -2.34. The Kier molecular flexibility index (Phi) is 6.21. The van der Waals surface area contributed by atoms with E-state index in [4.69, 9.17) is 0 Å². The molecule has 21 heavy (non-hydrogen) atoms. The molecule has 0 aromatic carbocycles. The molecule has 3 heteroatoms. The van der Waals surface area contributed by atoms with Gasteiger partial charge in [0.25, 0.3) is 5.56 Å². The van der Waals surface area contributed by atoms with E-state index in [1.54, 1.807) is 0 Å². The Morgan fingerprint density at radius 3 is 2.19 bits per heavy atom. The maximum Gasteiger partial charge on any atom is 0.255 e. The number of nitrogens with one attached hydrogen (secondary N) is 1. The average Bonchev–Trinajstić information content (AvgIpc) is 2.31. The van der Waals surface area contributed by atoms with Crippen LogP contribution in [0.15, 0.2) is 16.9 Å². The van der Waals surface area contributed by atoms with E-state index in [1.807, 2.05) is 10.6 Å². The van der Waals surface area contributed by atoms with Crippen LogP contribution in [-0.4, -0.2) is 11.1 Å². The number of rotatable bonds is 6. The van der Waals surface area contributed by atoms with Crippen LogP contribution in [0.2, 0.25) is 0 Å². The van der Waals surface area contributed by atoms with Crippen molar-refractivity contribution in [2.24, 2.45) is 11.8 Å². The molecule has 0 saturated heterocycles. The highest BCUT2D eigenvalue weighted by Gasteiger charge is 2.20. The van der Waals surface area contributed by atoms with Gasteiger partial charge in [0.15, 0.2) is 0 Å². The van der Waals surface area contributed by atoms with Gasteiger partial charge >= 0.3 is 0 Å². The number of hydrogen-bond donors (Lipinski definition) is 1. The van der Waals surface area contributed by atoms with Crippen molar-refractivity contribution < 1.29 is 0 Å². The fourth-order valence-electron chi connectivity index (χ4n) is 2.45. The first kappa shape index (κ1) is 18.0. The largest absolute Gasteiger partial charge is 0.312 e. The molecule has 0 fully saturated rings. The minimum absolute atomic E-state index is 0.0159. The third-order valence-electron chi connectivity index (χ3n) is 3.44. The second kappa shape index (κ2) is 7.26. The third-order valence-corrected chi connectivity index (χ3v) is 3.44. The van der Waals surface area contributed by atoms with Crippen LogP contribution in [-0.2, 0) is 18.5 Å². The first-order valence-electron chi connectivity index (χ1n) is 8.06. The molecule has 0 aliphatic heterocycles. The zero-order valence-corrected chi connectivity index (χ0v) is 14.8. The number of aromatic nitrogens is 1. The summed E-state index contributed by atoms with van der Waals surface area (Å²) < 4.78 is 1.97. The van der Waals surface area contributed by atoms with Crippen LogP contribution in [0.4, 0.5) is 0 Å². The summed E-state index contributed by atoms with van der Waals surface area (Å²) in [5.74, 6) is 1.06. The van der Waals surface area contributed by atoms with E-state index in [1.165, 1.54) is 0 Å². The summed E-state index contributed by atoms with van der Waals surface area (Å²) >= 11 is 0. The van der Waals surface area contributed by atoms with Gasteiger partial charge in [0.1, 0.15) is 0 Å². The minimum atomic E-state index is -0.0159. The lowest BCUT2D eigenvalue weighted by atomic mass is 9.90. The molecule has 1 aromatic heterocycles. The predicted octanol–water partition coefficient (Wildman–Crippen LogP) is 3.55. The molecule has 1 N–H and O–H groups in total. The average molecular weight is 292 g/mol. The summed E-state index contributed by atoms with van der Waals surface area (Å²) in [6.07, 6.45) is 0. The molecular formula is C18H32N2O. The van der Waals surface area contributed by atoms with Crippen molar-refractivity contribution >= 4 is 0 Å². The molecule has 0 saturated carbocycles. The van der Waals surface area contributed by atoms with Gasteiger partial charge in [-0.05, 0) is 24.4 Å². The minimum Gasteiger partial charge on any atom is -0.312 e. The summed E-state index contributed by atoms with van der Waals surface area (Å²) in [5, 5.41) is 3.37. The standard InChI is InChI=1S/C18H32N2O/c1-13(2)10-19-11-15-8-9-16(18(5,6)7)20(17(15)21)12-14(3)4/h8-9,13-14,19H,10-12H2,1-7H3. The number of hydrogen-bond acceptors (Lipinski definition) is 2. The van der Waals surface area contributed by atoms with E-state index < -0.39 is 0 Å². The predicted molar refractivity (Wildman–Crippen MR) is 90.8 cm³/mol. The first-order chi connectivity index (χ1) is 9.62. The molecule has 120 valence electrons. The van der Waals surface area contributed by atoms with Gasteiger partial charge < -0.3 is 9.88 Å². The number of nitrogens with zero attached hydrogens (tertiary/aromatic N) is 1. The number of pyridine rings is 1. The summed E-state index contributed by atoms with van der Waals surface area (Å²) in [5.41, 5.74) is 2.13. The quantitative estimate of drug-likeness (QED) is 0.870. The molecule has 3 nitrogen and oxygen atoms in total. The molecule has 0 atom stereocenters. The Labute approximate surface area is 129 Å². The lowest BCUT2D eigenvalue weighted by Gasteiger charge is -2.26. The van der Waals surface area contributed by atoms with Crippen LogP contribution in [0.25, 0.3) is 0 Å². The highest BCUT2D eigenvalue weighted by atomic mass is 16.1. The van der Waals surface area contributed by atoms with Gasteiger partial charge in [0, 0.05) is 29.8 Å². The van der Waals surface area contributed by atoms with E-state index in [9.17, 15) is 4.79 Å². The van der Waals surface area contributed by atoms with Crippen molar-refractivity contribution in [3.8, 4) is 0 Å². The van der Waals surface area contributed by atoms with Crippen molar-refractivity contribution in [1.29, 1.82) is 0 Å². The molecule has 1 heterocycles. The van der Waals surface area contributed by atoms with Crippen molar-refractivity contribution in [2.75, 3.05) is 6.54 Å². The van der Waals surface area contributed by atoms with E-state index in [0.29, 0.717) is 18.4 Å². The van der Waals surface area contributed by atoms with E-state index >= 15 is 0 Å². The fraction of sp³-hybridized carbons (Fsp3) is 0.722. The van der Waals surface area contributed by atoms with Crippen molar-refractivity contribution in [3.05, 3.63) is 33.7 Å². The van der Waals surface area contributed by atoms with E-state index in [2.05, 4.69) is 59.8 Å². The van der Waals surface area contributed by atoms with Crippen LogP contribution >= 0.6 is 0 Å².